The maximum atomic E-state index is 9.64. The molecule has 0 amide bonds. The molecule has 0 saturated heterocycles. The molecule has 9 heavy (non-hydrogen) atoms. The molecule has 0 heterocycles. The molecule has 0 aliphatic rings. The topological polar surface area (TPSA) is 79.0 Å². The highest BCUT2D eigenvalue weighted by Crippen LogP contribution is 1.84. The van der Waals surface area contributed by atoms with E-state index in [4.69, 9.17) is 5.41 Å². The predicted molar refractivity (Wildman–Crippen MR) is 32.8 cm³/mol. The van der Waals surface area contributed by atoms with Gasteiger partial charge in [-0.05, 0) is 6.42 Å². The summed E-state index contributed by atoms with van der Waals surface area (Å²) in [4.78, 5) is 9.64. The molecule has 2 N–H and O–H groups in total. The number of rotatable bonds is 3. The van der Waals surface area contributed by atoms with E-state index in [9.17, 15) is 10.1 Å². The molecule has 0 aromatic heterocycles. The lowest BCUT2D eigenvalue weighted by Gasteiger charge is -1.94. The molecule has 0 spiro atoms. The van der Waals surface area contributed by atoms with E-state index in [1.165, 1.54) is 0 Å². The molecule has 0 bridgehead atoms. The molecule has 52 valence electrons. The van der Waals surface area contributed by atoms with Crippen LogP contribution in [0.4, 0.5) is 0 Å². The van der Waals surface area contributed by atoms with Gasteiger partial charge in [0.05, 0.1) is 0 Å². The van der Waals surface area contributed by atoms with E-state index < -0.39 is 5.03 Å². The van der Waals surface area contributed by atoms with E-state index in [2.05, 4.69) is 0 Å². The number of nitrogens with one attached hydrogen (secondary N) is 2. The first-order chi connectivity index (χ1) is 4.16. The molecule has 0 atom stereocenters. The number of amidine groups is 1. The van der Waals surface area contributed by atoms with E-state index in [0.29, 0.717) is 6.42 Å². The van der Waals surface area contributed by atoms with Gasteiger partial charge in [-0.2, -0.15) is 0 Å². The Morgan fingerprint density at radius 1 is 1.89 bits per heavy atom. The molecule has 5 nitrogen and oxygen atoms in total. The fourth-order valence-electron chi connectivity index (χ4n) is 0.416. The van der Waals surface area contributed by atoms with Crippen LogP contribution in [0, 0.1) is 15.5 Å². The second-order valence-corrected chi connectivity index (χ2v) is 1.60. The monoisotopic (exact) mass is 131 g/mol. The summed E-state index contributed by atoms with van der Waals surface area (Å²) >= 11 is 0. The smallest absolute Gasteiger partial charge is 0.163 e. The standard InChI is InChI=1S/C4H9N3O2/c1-2-3-4(5)6-7(8)9/h2-3H2,1H3,(H2,5,6). The SMILES string of the molecule is CCCC(=N)N[N+](=O)[O-]. The molecule has 0 radical (unpaired) electrons. The van der Waals surface area contributed by atoms with Crippen molar-refractivity contribution in [3.8, 4) is 0 Å². The van der Waals surface area contributed by atoms with Crippen LogP contribution in [0.15, 0.2) is 0 Å². The Hall–Kier alpha value is -1.13. The Bertz CT molecular complexity index is 123. The van der Waals surface area contributed by atoms with Crippen LogP contribution in [0.2, 0.25) is 0 Å². The Balaban J connectivity index is 3.39. The minimum absolute atomic E-state index is 0.0394. The van der Waals surface area contributed by atoms with E-state index in [0.717, 1.165) is 6.42 Å². The number of nitrogens with zero attached hydrogens (tertiary/aromatic N) is 1. The van der Waals surface area contributed by atoms with Gasteiger partial charge < -0.3 is 0 Å². The number of hydrazine groups is 1. The summed E-state index contributed by atoms with van der Waals surface area (Å²) in [5.74, 6) is -0.0394. The van der Waals surface area contributed by atoms with Crippen molar-refractivity contribution in [3.63, 3.8) is 0 Å². The van der Waals surface area contributed by atoms with Gasteiger partial charge in [-0.15, -0.1) is 0 Å². The Labute approximate surface area is 52.7 Å². The Morgan fingerprint density at radius 3 is 2.78 bits per heavy atom. The van der Waals surface area contributed by atoms with Crippen LogP contribution in [0.25, 0.3) is 0 Å². The minimum atomic E-state index is -0.724. The molecule has 0 aliphatic carbocycles. The highest BCUT2D eigenvalue weighted by molar-refractivity contribution is 5.77. The Morgan fingerprint density at radius 2 is 2.44 bits per heavy atom. The van der Waals surface area contributed by atoms with Gasteiger partial charge in [-0.1, -0.05) is 12.3 Å². The average molecular weight is 131 g/mol. The summed E-state index contributed by atoms with van der Waals surface area (Å²) in [6, 6.07) is 0. The second-order valence-electron chi connectivity index (χ2n) is 1.60. The first-order valence-corrected chi connectivity index (χ1v) is 2.65. The van der Waals surface area contributed by atoms with E-state index in [1.807, 2.05) is 6.92 Å². The maximum absolute atomic E-state index is 9.64. The van der Waals surface area contributed by atoms with E-state index in [1.54, 1.807) is 5.43 Å². The van der Waals surface area contributed by atoms with Gasteiger partial charge >= 0.3 is 0 Å². The molecular weight excluding hydrogens is 122 g/mol. The minimum Gasteiger partial charge on any atom is -0.284 e. The van der Waals surface area contributed by atoms with Crippen molar-refractivity contribution in [1.29, 1.82) is 5.41 Å². The third-order valence-electron chi connectivity index (χ3n) is 0.726. The number of hydrogen-bond acceptors (Lipinski definition) is 3. The maximum Gasteiger partial charge on any atom is 0.163 e. The van der Waals surface area contributed by atoms with Gasteiger partial charge in [0.1, 0.15) is 0 Å². The van der Waals surface area contributed by atoms with Crippen molar-refractivity contribution < 1.29 is 5.03 Å². The summed E-state index contributed by atoms with van der Waals surface area (Å²) in [5.41, 5.74) is 1.75. The van der Waals surface area contributed by atoms with Gasteiger partial charge in [0.25, 0.3) is 0 Å². The van der Waals surface area contributed by atoms with Crippen LogP contribution in [-0.2, 0) is 0 Å². The van der Waals surface area contributed by atoms with Crippen molar-refractivity contribution in [2.24, 2.45) is 0 Å². The lowest BCUT2D eigenvalue weighted by Crippen LogP contribution is -2.28. The average Bonchev–Trinajstić information content (AvgIpc) is 1.63. The van der Waals surface area contributed by atoms with Crippen molar-refractivity contribution in [2.75, 3.05) is 0 Å². The zero-order valence-corrected chi connectivity index (χ0v) is 5.18. The highest BCUT2D eigenvalue weighted by atomic mass is 16.7. The van der Waals surface area contributed by atoms with Gasteiger partial charge in [0.15, 0.2) is 10.9 Å². The summed E-state index contributed by atoms with van der Waals surface area (Å²) in [6.45, 7) is 1.86. The van der Waals surface area contributed by atoms with Crippen LogP contribution >= 0.6 is 0 Å². The third-order valence-corrected chi connectivity index (χ3v) is 0.726. The second kappa shape index (κ2) is 3.82. The van der Waals surface area contributed by atoms with Gasteiger partial charge in [-0.25, -0.2) is 10.1 Å². The van der Waals surface area contributed by atoms with Gasteiger partial charge in [0, 0.05) is 6.42 Å². The fraction of sp³-hybridized carbons (Fsp3) is 0.750. The fourth-order valence-corrected chi connectivity index (χ4v) is 0.416. The van der Waals surface area contributed by atoms with E-state index >= 15 is 0 Å². The molecule has 0 aliphatic heterocycles. The lowest BCUT2D eigenvalue weighted by atomic mass is 10.3. The molecule has 0 aromatic carbocycles. The van der Waals surface area contributed by atoms with Crippen molar-refractivity contribution >= 4 is 5.84 Å². The summed E-state index contributed by atoms with van der Waals surface area (Å²) < 4.78 is 0. The molecule has 0 fully saturated rings. The van der Waals surface area contributed by atoms with Crippen molar-refractivity contribution in [1.82, 2.24) is 5.43 Å². The largest absolute Gasteiger partial charge is 0.284 e. The molecule has 0 aromatic rings. The highest BCUT2D eigenvalue weighted by Gasteiger charge is 1.98. The summed E-state index contributed by atoms with van der Waals surface area (Å²) in [5, 5.41) is 15.8. The van der Waals surface area contributed by atoms with Gasteiger partial charge in [-0.3, -0.25) is 5.41 Å². The van der Waals surface area contributed by atoms with Gasteiger partial charge in [0.2, 0.25) is 0 Å². The third kappa shape index (κ3) is 4.73. The predicted octanol–water partition coefficient (Wildman–Crippen LogP) is 0.545. The Kier molecular flexibility index (Phi) is 3.34. The first kappa shape index (κ1) is 7.87. The van der Waals surface area contributed by atoms with Crippen LogP contribution in [0.1, 0.15) is 19.8 Å². The van der Waals surface area contributed by atoms with Crippen LogP contribution in [0.3, 0.4) is 0 Å². The molecule has 0 rings (SSSR count). The van der Waals surface area contributed by atoms with Crippen molar-refractivity contribution in [2.45, 2.75) is 19.8 Å². The van der Waals surface area contributed by atoms with E-state index in [-0.39, 0.29) is 5.84 Å². The molecular formula is C4H9N3O2. The lowest BCUT2D eigenvalue weighted by molar-refractivity contribution is -0.525. The number of hydrogen-bond donors (Lipinski definition) is 2. The normalized spacial score (nSPS) is 8.56. The van der Waals surface area contributed by atoms with Crippen LogP contribution < -0.4 is 5.43 Å². The van der Waals surface area contributed by atoms with Crippen LogP contribution in [0.5, 0.6) is 0 Å². The van der Waals surface area contributed by atoms with Crippen molar-refractivity contribution in [3.05, 3.63) is 10.1 Å². The summed E-state index contributed by atoms with van der Waals surface area (Å²) in [6.07, 6.45) is 1.18. The molecule has 0 unspecified atom stereocenters. The number of nitro groups is 1. The molecule has 0 saturated carbocycles. The first-order valence-electron chi connectivity index (χ1n) is 2.65. The van der Waals surface area contributed by atoms with Crippen LogP contribution in [-0.4, -0.2) is 10.9 Å². The quantitative estimate of drug-likeness (QED) is 0.254. The summed E-state index contributed by atoms with van der Waals surface area (Å²) in [7, 11) is 0. The molecule has 5 heteroatoms. The zero-order chi connectivity index (χ0) is 7.28. The zero-order valence-electron chi connectivity index (χ0n) is 5.18.